The fourth-order valence-corrected chi connectivity index (χ4v) is 2.84. The molecule has 0 atom stereocenters. The third kappa shape index (κ3) is 4.92. The van der Waals surface area contributed by atoms with E-state index in [2.05, 4.69) is 10.6 Å². The zero-order chi connectivity index (χ0) is 19.4. The minimum atomic E-state index is -0.211. The quantitative estimate of drug-likeness (QED) is 0.789. The maximum absolute atomic E-state index is 12.3. The number of carbonyl (C=O) groups excluding carboxylic acids is 2. The average Bonchev–Trinajstić information content (AvgIpc) is 3.09. The first-order valence-corrected chi connectivity index (χ1v) is 9.09. The number of halogens is 1. The largest absolute Gasteiger partial charge is 0.454 e. The number of carbonyl (C=O) groups is 2. The van der Waals surface area contributed by atoms with Gasteiger partial charge in [-0.1, -0.05) is 17.7 Å². The summed E-state index contributed by atoms with van der Waals surface area (Å²) in [7, 11) is 0. The van der Waals surface area contributed by atoms with Gasteiger partial charge < -0.3 is 20.1 Å². The number of rotatable bonds is 6. The van der Waals surface area contributed by atoms with E-state index in [1.165, 1.54) is 0 Å². The van der Waals surface area contributed by atoms with Gasteiger partial charge in [0.1, 0.15) is 0 Å². The highest BCUT2D eigenvalue weighted by molar-refractivity contribution is 6.33. The van der Waals surface area contributed by atoms with Gasteiger partial charge in [0.15, 0.2) is 11.5 Å². The lowest BCUT2D eigenvalue weighted by Gasteiger charge is -2.12. The van der Waals surface area contributed by atoms with Crippen molar-refractivity contribution in [2.24, 2.45) is 0 Å². The highest BCUT2D eigenvalue weighted by atomic mass is 35.5. The van der Waals surface area contributed by atoms with Crippen molar-refractivity contribution in [1.82, 2.24) is 5.32 Å². The van der Waals surface area contributed by atoms with E-state index in [-0.39, 0.29) is 31.1 Å². The standard InChI is InChI=1S/C20H21ClN2O4/c1-12(2)22-20(25)14-5-6-15(21)16(10-14)23-19(24)8-4-13-3-7-17-18(9-13)27-11-26-17/h3,5-7,9-10,12H,4,8,11H2,1-2H3,(H,22,25)(H,23,24). The first-order chi connectivity index (χ1) is 12.9. The number of amides is 2. The Kier molecular flexibility index (Phi) is 5.86. The molecule has 0 unspecified atom stereocenters. The van der Waals surface area contributed by atoms with Crippen LogP contribution in [0.5, 0.6) is 11.5 Å². The third-order valence-electron chi connectivity index (χ3n) is 4.00. The van der Waals surface area contributed by atoms with Crippen molar-refractivity contribution in [3.8, 4) is 11.5 Å². The van der Waals surface area contributed by atoms with Crippen LogP contribution >= 0.6 is 11.6 Å². The van der Waals surface area contributed by atoms with Crippen LogP contribution in [0.3, 0.4) is 0 Å². The van der Waals surface area contributed by atoms with Gasteiger partial charge in [0.05, 0.1) is 10.7 Å². The molecular weight excluding hydrogens is 368 g/mol. The monoisotopic (exact) mass is 388 g/mol. The topological polar surface area (TPSA) is 76.7 Å². The minimum Gasteiger partial charge on any atom is -0.454 e. The summed E-state index contributed by atoms with van der Waals surface area (Å²) in [4.78, 5) is 24.4. The van der Waals surface area contributed by atoms with Crippen molar-refractivity contribution >= 4 is 29.1 Å². The molecular formula is C20H21ClN2O4. The van der Waals surface area contributed by atoms with Gasteiger partial charge in [0.25, 0.3) is 5.91 Å². The zero-order valence-corrected chi connectivity index (χ0v) is 15.9. The fraction of sp³-hybridized carbons (Fsp3) is 0.300. The van der Waals surface area contributed by atoms with Gasteiger partial charge >= 0.3 is 0 Å². The molecule has 1 aliphatic heterocycles. The van der Waals surface area contributed by atoms with E-state index >= 15 is 0 Å². The molecule has 142 valence electrons. The maximum Gasteiger partial charge on any atom is 0.251 e. The normalized spacial score (nSPS) is 12.1. The Morgan fingerprint density at radius 3 is 2.67 bits per heavy atom. The van der Waals surface area contributed by atoms with Crippen LogP contribution in [0.25, 0.3) is 0 Å². The Morgan fingerprint density at radius 1 is 1.11 bits per heavy atom. The van der Waals surface area contributed by atoms with Crippen LogP contribution in [0, 0.1) is 0 Å². The van der Waals surface area contributed by atoms with Gasteiger partial charge in [-0.05, 0) is 56.2 Å². The molecule has 6 nitrogen and oxygen atoms in total. The summed E-state index contributed by atoms with van der Waals surface area (Å²) >= 11 is 6.15. The van der Waals surface area contributed by atoms with Crippen molar-refractivity contribution in [1.29, 1.82) is 0 Å². The van der Waals surface area contributed by atoms with E-state index in [1.54, 1.807) is 18.2 Å². The predicted molar refractivity (Wildman–Crippen MR) is 104 cm³/mol. The molecule has 0 bridgehead atoms. The second-order valence-corrected chi connectivity index (χ2v) is 6.97. The lowest BCUT2D eigenvalue weighted by atomic mass is 10.1. The van der Waals surface area contributed by atoms with E-state index in [4.69, 9.17) is 21.1 Å². The Balaban J connectivity index is 1.61. The maximum atomic E-state index is 12.3. The Bertz CT molecular complexity index is 867. The van der Waals surface area contributed by atoms with E-state index in [0.717, 1.165) is 5.56 Å². The number of nitrogens with one attached hydrogen (secondary N) is 2. The van der Waals surface area contributed by atoms with Crippen molar-refractivity contribution < 1.29 is 19.1 Å². The van der Waals surface area contributed by atoms with Gasteiger partial charge in [0, 0.05) is 18.0 Å². The molecule has 0 spiro atoms. The van der Waals surface area contributed by atoms with Gasteiger partial charge in [0.2, 0.25) is 12.7 Å². The number of hydrogen-bond acceptors (Lipinski definition) is 4. The number of aryl methyl sites for hydroxylation is 1. The van der Waals surface area contributed by atoms with Crippen LogP contribution in [0.2, 0.25) is 5.02 Å². The van der Waals surface area contributed by atoms with Crippen molar-refractivity contribution in [3.63, 3.8) is 0 Å². The van der Waals surface area contributed by atoms with Crippen LogP contribution in [-0.2, 0) is 11.2 Å². The van der Waals surface area contributed by atoms with Crippen LogP contribution in [0.1, 0.15) is 36.2 Å². The van der Waals surface area contributed by atoms with Crippen LogP contribution in [-0.4, -0.2) is 24.6 Å². The summed E-state index contributed by atoms with van der Waals surface area (Å²) < 4.78 is 10.6. The lowest BCUT2D eigenvalue weighted by Crippen LogP contribution is -2.30. The molecule has 2 aromatic rings. The van der Waals surface area contributed by atoms with Gasteiger partial charge in [-0.2, -0.15) is 0 Å². The number of fused-ring (bicyclic) bond motifs is 1. The number of ether oxygens (including phenoxy) is 2. The van der Waals surface area contributed by atoms with Gasteiger partial charge in [-0.15, -0.1) is 0 Å². The number of anilines is 1. The molecule has 2 aromatic carbocycles. The number of hydrogen-bond donors (Lipinski definition) is 2. The number of benzene rings is 2. The fourth-order valence-electron chi connectivity index (χ4n) is 2.67. The van der Waals surface area contributed by atoms with Crippen LogP contribution in [0.15, 0.2) is 36.4 Å². The highest BCUT2D eigenvalue weighted by Gasteiger charge is 2.15. The smallest absolute Gasteiger partial charge is 0.251 e. The molecule has 7 heteroatoms. The Hall–Kier alpha value is -2.73. The molecule has 0 aliphatic carbocycles. The van der Waals surface area contributed by atoms with E-state index in [9.17, 15) is 9.59 Å². The molecule has 0 aromatic heterocycles. The van der Waals surface area contributed by atoms with E-state index < -0.39 is 0 Å². The summed E-state index contributed by atoms with van der Waals surface area (Å²) in [5.41, 5.74) is 1.84. The predicted octanol–water partition coefficient (Wildman–Crippen LogP) is 3.78. The molecule has 0 radical (unpaired) electrons. The van der Waals surface area contributed by atoms with Crippen LogP contribution in [0.4, 0.5) is 5.69 Å². The lowest BCUT2D eigenvalue weighted by molar-refractivity contribution is -0.116. The molecule has 2 N–H and O–H groups in total. The second kappa shape index (κ2) is 8.31. The first-order valence-electron chi connectivity index (χ1n) is 8.71. The summed E-state index contributed by atoms with van der Waals surface area (Å²) in [6.45, 7) is 3.98. The summed E-state index contributed by atoms with van der Waals surface area (Å²) in [5.74, 6) is 1.01. The Labute approximate surface area is 162 Å². The Morgan fingerprint density at radius 2 is 1.89 bits per heavy atom. The van der Waals surface area contributed by atoms with Crippen LogP contribution < -0.4 is 20.1 Å². The molecule has 1 aliphatic rings. The molecule has 0 saturated carbocycles. The second-order valence-electron chi connectivity index (χ2n) is 6.56. The summed E-state index contributed by atoms with van der Waals surface area (Å²) in [6, 6.07) is 10.5. The summed E-state index contributed by atoms with van der Waals surface area (Å²) in [6.07, 6.45) is 0.825. The average molecular weight is 389 g/mol. The van der Waals surface area contributed by atoms with E-state index in [0.29, 0.717) is 34.2 Å². The molecule has 1 heterocycles. The third-order valence-corrected chi connectivity index (χ3v) is 4.33. The van der Waals surface area contributed by atoms with Crippen molar-refractivity contribution in [3.05, 3.63) is 52.5 Å². The minimum absolute atomic E-state index is 0.0212. The highest BCUT2D eigenvalue weighted by Crippen LogP contribution is 2.32. The van der Waals surface area contributed by atoms with Gasteiger partial charge in [-0.25, -0.2) is 0 Å². The molecule has 2 amide bonds. The van der Waals surface area contributed by atoms with Crippen molar-refractivity contribution in [2.45, 2.75) is 32.7 Å². The first kappa shape index (κ1) is 19.0. The van der Waals surface area contributed by atoms with Gasteiger partial charge in [-0.3, -0.25) is 9.59 Å². The SMILES string of the molecule is CC(C)NC(=O)c1ccc(Cl)c(NC(=O)CCc2ccc3c(c2)OCO3)c1. The molecule has 3 rings (SSSR count). The summed E-state index contributed by atoms with van der Waals surface area (Å²) in [5, 5.41) is 5.97. The van der Waals surface area contributed by atoms with Crippen molar-refractivity contribution in [2.75, 3.05) is 12.1 Å². The molecule has 27 heavy (non-hydrogen) atoms. The zero-order valence-electron chi connectivity index (χ0n) is 15.2. The molecule has 0 saturated heterocycles. The van der Waals surface area contributed by atoms with E-state index in [1.807, 2.05) is 32.0 Å². The molecule has 0 fully saturated rings.